The van der Waals surface area contributed by atoms with Crippen LogP contribution in [-0.2, 0) is 4.79 Å². The summed E-state index contributed by atoms with van der Waals surface area (Å²) in [6.45, 7) is 3.63. The molecule has 0 bridgehead atoms. The molecular weight excluding hydrogens is 342 g/mol. The minimum absolute atomic E-state index is 0.0179. The maximum absolute atomic E-state index is 12.6. The second-order valence-electron chi connectivity index (χ2n) is 7.97. The van der Waals surface area contributed by atoms with E-state index in [4.69, 9.17) is 0 Å². The molecule has 0 N–H and O–H groups in total. The van der Waals surface area contributed by atoms with Crippen molar-refractivity contribution >= 4 is 11.8 Å². The molecule has 0 aromatic carbocycles. The summed E-state index contributed by atoms with van der Waals surface area (Å²) in [6.07, 6.45) is 8.70. The molecule has 0 radical (unpaired) electrons. The molecule has 7 heteroatoms. The highest BCUT2D eigenvalue weighted by atomic mass is 16.2. The van der Waals surface area contributed by atoms with E-state index in [-0.39, 0.29) is 11.8 Å². The minimum atomic E-state index is 0.0179. The molecule has 148 valence electrons. The Kier molecular flexibility index (Phi) is 6.77. The molecule has 7 nitrogen and oxygen atoms in total. The summed E-state index contributed by atoms with van der Waals surface area (Å²) in [5.74, 6) is 0.656. The fourth-order valence-electron chi connectivity index (χ4n) is 4.17. The van der Waals surface area contributed by atoms with Gasteiger partial charge in [-0.2, -0.15) is 10.2 Å². The number of likely N-dealkylation sites (tertiary alicyclic amines) is 2. The van der Waals surface area contributed by atoms with Gasteiger partial charge in [-0.1, -0.05) is 0 Å². The van der Waals surface area contributed by atoms with Gasteiger partial charge in [-0.3, -0.25) is 9.59 Å². The zero-order chi connectivity index (χ0) is 19.2. The topological polar surface area (TPSA) is 69.6 Å². The SMILES string of the molecule is CN1CCC(N(C)C(=O)CC[C@H]2CCCN(C(=O)c3ccnnc3)C2)CC1. The van der Waals surface area contributed by atoms with Crippen molar-refractivity contribution in [2.45, 2.75) is 44.6 Å². The van der Waals surface area contributed by atoms with Crippen LogP contribution >= 0.6 is 0 Å². The van der Waals surface area contributed by atoms with E-state index in [1.54, 1.807) is 12.3 Å². The summed E-state index contributed by atoms with van der Waals surface area (Å²) in [4.78, 5) is 31.4. The molecule has 3 rings (SSSR count). The van der Waals surface area contributed by atoms with Crippen molar-refractivity contribution in [3.63, 3.8) is 0 Å². The van der Waals surface area contributed by atoms with E-state index >= 15 is 0 Å². The molecule has 2 fully saturated rings. The Morgan fingerprint density at radius 3 is 2.67 bits per heavy atom. The number of piperidine rings is 2. The first-order valence-corrected chi connectivity index (χ1v) is 10.0. The van der Waals surface area contributed by atoms with E-state index in [2.05, 4.69) is 22.1 Å². The molecule has 1 atom stereocenters. The second-order valence-corrected chi connectivity index (χ2v) is 7.97. The van der Waals surface area contributed by atoms with Gasteiger partial charge in [0.2, 0.25) is 5.91 Å². The molecule has 0 unspecified atom stereocenters. The Morgan fingerprint density at radius 2 is 1.96 bits per heavy atom. The predicted molar refractivity (Wildman–Crippen MR) is 103 cm³/mol. The van der Waals surface area contributed by atoms with Gasteiger partial charge >= 0.3 is 0 Å². The van der Waals surface area contributed by atoms with Gasteiger partial charge in [0.25, 0.3) is 5.91 Å². The third-order valence-electron chi connectivity index (χ3n) is 6.03. The highest BCUT2D eigenvalue weighted by Gasteiger charge is 2.27. The molecule has 2 aliphatic rings. The number of hydrogen-bond acceptors (Lipinski definition) is 5. The van der Waals surface area contributed by atoms with Crippen LogP contribution in [0.4, 0.5) is 0 Å². The zero-order valence-corrected chi connectivity index (χ0v) is 16.5. The fraction of sp³-hybridized carbons (Fsp3) is 0.700. The van der Waals surface area contributed by atoms with Crippen molar-refractivity contribution in [3.05, 3.63) is 24.0 Å². The number of carbonyl (C=O) groups is 2. The van der Waals surface area contributed by atoms with Crippen LogP contribution in [0.25, 0.3) is 0 Å². The van der Waals surface area contributed by atoms with Crippen LogP contribution in [0.3, 0.4) is 0 Å². The Labute approximate surface area is 161 Å². The number of hydrogen-bond donors (Lipinski definition) is 0. The Hall–Kier alpha value is -2.02. The van der Waals surface area contributed by atoms with E-state index in [1.807, 2.05) is 16.8 Å². The van der Waals surface area contributed by atoms with Crippen molar-refractivity contribution in [1.82, 2.24) is 24.9 Å². The highest BCUT2D eigenvalue weighted by Crippen LogP contribution is 2.23. The van der Waals surface area contributed by atoms with Gasteiger partial charge in [0.1, 0.15) is 0 Å². The molecule has 1 aromatic rings. The summed E-state index contributed by atoms with van der Waals surface area (Å²) >= 11 is 0. The molecule has 0 aliphatic carbocycles. The van der Waals surface area contributed by atoms with Gasteiger partial charge in [-0.25, -0.2) is 0 Å². The van der Waals surface area contributed by atoms with Crippen LogP contribution in [0.5, 0.6) is 0 Å². The molecule has 1 aromatic heterocycles. The van der Waals surface area contributed by atoms with Gasteiger partial charge in [-0.15, -0.1) is 0 Å². The van der Waals surface area contributed by atoms with E-state index in [0.29, 0.717) is 23.9 Å². The van der Waals surface area contributed by atoms with Crippen molar-refractivity contribution in [2.75, 3.05) is 40.3 Å². The minimum Gasteiger partial charge on any atom is -0.343 e. The first-order valence-electron chi connectivity index (χ1n) is 10.0. The van der Waals surface area contributed by atoms with Gasteiger partial charge in [0.15, 0.2) is 0 Å². The zero-order valence-electron chi connectivity index (χ0n) is 16.5. The number of nitrogens with zero attached hydrogens (tertiary/aromatic N) is 5. The third kappa shape index (κ3) is 5.25. The lowest BCUT2D eigenvalue weighted by atomic mass is 9.92. The number of aromatic nitrogens is 2. The summed E-state index contributed by atoms with van der Waals surface area (Å²) < 4.78 is 0. The molecule has 2 saturated heterocycles. The lowest BCUT2D eigenvalue weighted by molar-refractivity contribution is -0.133. The van der Waals surface area contributed by atoms with Crippen molar-refractivity contribution in [1.29, 1.82) is 0 Å². The quantitative estimate of drug-likeness (QED) is 0.785. The Morgan fingerprint density at radius 1 is 1.19 bits per heavy atom. The smallest absolute Gasteiger partial charge is 0.255 e. The highest BCUT2D eigenvalue weighted by molar-refractivity contribution is 5.93. The molecule has 0 saturated carbocycles. The maximum atomic E-state index is 12.6. The van der Waals surface area contributed by atoms with Crippen LogP contribution in [0, 0.1) is 5.92 Å². The van der Waals surface area contributed by atoms with E-state index in [0.717, 1.165) is 58.3 Å². The number of rotatable bonds is 5. The van der Waals surface area contributed by atoms with Crippen molar-refractivity contribution in [3.8, 4) is 0 Å². The largest absolute Gasteiger partial charge is 0.343 e. The molecular formula is C20H31N5O2. The Balaban J connectivity index is 1.46. The summed E-state index contributed by atoms with van der Waals surface area (Å²) in [7, 11) is 4.08. The van der Waals surface area contributed by atoms with Gasteiger partial charge < -0.3 is 14.7 Å². The van der Waals surface area contributed by atoms with Gasteiger partial charge in [0.05, 0.1) is 18.0 Å². The maximum Gasteiger partial charge on any atom is 0.255 e. The van der Waals surface area contributed by atoms with E-state index < -0.39 is 0 Å². The van der Waals surface area contributed by atoms with Crippen molar-refractivity contribution < 1.29 is 9.59 Å². The lowest BCUT2D eigenvalue weighted by Gasteiger charge is -2.36. The van der Waals surface area contributed by atoms with Crippen LogP contribution < -0.4 is 0 Å². The fourth-order valence-corrected chi connectivity index (χ4v) is 4.17. The molecule has 0 spiro atoms. The number of amides is 2. The van der Waals surface area contributed by atoms with Crippen LogP contribution in [0.2, 0.25) is 0 Å². The predicted octanol–water partition coefficient (Wildman–Crippen LogP) is 1.66. The average Bonchev–Trinajstić information content (AvgIpc) is 2.72. The Bertz CT molecular complexity index is 631. The van der Waals surface area contributed by atoms with E-state index in [9.17, 15) is 9.59 Å². The summed E-state index contributed by atoms with van der Waals surface area (Å²) in [5.41, 5.74) is 0.587. The first kappa shape index (κ1) is 19.7. The normalized spacial score (nSPS) is 21.9. The molecule has 27 heavy (non-hydrogen) atoms. The third-order valence-corrected chi connectivity index (χ3v) is 6.03. The summed E-state index contributed by atoms with van der Waals surface area (Å²) in [5, 5.41) is 7.53. The van der Waals surface area contributed by atoms with E-state index in [1.165, 1.54) is 6.20 Å². The molecule has 2 aliphatic heterocycles. The van der Waals surface area contributed by atoms with Gasteiger partial charge in [0, 0.05) is 32.6 Å². The van der Waals surface area contributed by atoms with Gasteiger partial charge in [-0.05, 0) is 64.2 Å². The lowest BCUT2D eigenvalue weighted by Crippen LogP contribution is -2.44. The van der Waals surface area contributed by atoms with Crippen molar-refractivity contribution in [2.24, 2.45) is 5.92 Å². The number of carbonyl (C=O) groups excluding carboxylic acids is 2. The molecule has 3 heterocycles. The van der Waals surface area contributed by atoms with Crippen LogP contribution in [0.1, 0.15) is 48.9 Å². The average molecular weight is 374 g/mol. The molecule has 2 amide bonds. The summed E-state index contributed by atoms with van der Waals surface area (Å²) in [6, 6.07) is 2.08. The standard InChI is InChI=1S/C20H31N5O2/c1-23-12-8-18(9-13-23)24(2)19(26)6-5-16-4-3-11-25(15-16)20(27)17-7-10-21-22-14-17/h7,10,14,16,18H,3-6,8-9,11-13,15H2,1-2H3/t16-/m1/s1. The second kappa shape index (κ2) is 9.26. The monoisotopic (exact) mass is 373 g/mol. The first-order chi connectivity index (χ1) is 13.0. The van der Waals surface area contributed by atoms with Crippen LogP contribution in [-0.4, -0.2) is 83.0 Å². The van der Waals surface area contributed by atoms with Crippen LogP contribution in [0.15, 0.2) is 18.5 Å².